The van der Waals surface area contributed by atoms with Gasteiger partial charge < -0.3 is 18.0 Å². The van der Waals surface area contributed by atoms with Gasteiger partial charge in [0.15, 0.2) is 0 Å². The number of hydrogen-bond acceptors (Lipinski definition) is 5. The van der Waals surface area contributed by atoms with Crippen molar-refractivity contribution in [2.75, 3.05) is 19.8 Å². The van der Waals surface area contributed by atoms with Gasteiger partial charge in [-0.2, -0.15) is 0 Å². The second-order valence-corrected chi connectivity index (χ2v) is 10.5. The van der Waals surface area contributed by atoms with Crippen molar-refractivity contribution >= 4 is 14.8 Å². The summed E-state index contributed by atoms with van der Waals surface area (Å²) >= 11 is 0. The van der Waals surface area contributed by atoms with Gasteiger partial charge in [-0.1, -0.05) is 48.5 Å². The third kappa shape index (κ3) is 11.7. The van der Waals surface area contributed by atoms with Crippen LogP contribution in [0.3, 0.4) is 0 Å². The third-order valence-corrected chi connectivity index (χ3v) is 6.67. The molecule has 25 heavy (non-hydrogen) atoms. The third-order valence-electron chi connectivity index (χ3n) is 3.76. The van der Waals surface area contributed by atoms with Crippen molar-refractivity contribution in [3.8, 4) is 0 Å². The normalized spacial score (nSPS) is 13.7. The van der Waals surface area contributed by atoms with Crippen molar-refractivity contribution in [2.45, 2.75) is 80.4 Å². The van der Waals surface area contributed by atoms with Gasteiger partial charge in [0.1, 0.15) is 0 Å². The Balaban J connectivity index is 5.02. The summed E-state index contributed by atoms with van der Waals surface area (Å²) in [4.78, 5) is 11.3. The molecular weight excluding hydrogens is 336 g/mol. The summed E-state index contributed by atoms with van der Waals surface area (Å²) in [5.41, 5.74) is 0. The van der Waals surface area contributed by atoms with E-state index >= 15 is 0 Å². The Kier molecular flexibility index (Phi) is 12.6. The van der Waals surface area contributed by atoms with Crippen LogP contribution < -0.4 is 0 Å². The number of carbonyl (C=O) groups is 1. The highest BCUT2D eigenvalue weighted by Gasteiger charge is 2.43. The molecule has 0 radical (unpaired) electrons. The fraction of sp³-hybridized carbons (Fsp3) is 0.947. The molecule has 0 rings (SSSR count). The first-order valence-corrected chi connectivity index (χ1v) is 11.7. The van der Waals surface area contributed by atoms with E-state index in [9.17, 15) is 4.79 Å². The highest BCUT2D eigenvalue weighted by molar-refractivity contribution is 6.60. The van der Waals surface area contributed by atoms with Crippen LogP contribution in [0.25, 0.3) is 0 Å². The van der Waals surface area contributed by atoms with Crippen LogP contribution in [0.5, 0.6) is 0 Å². The van der Waals surface area contributed by atoms with E-state index in [0.29, 0.717) is 56.5 Å². The fourth-order valence-electron chi connectivity index (χ4n) is 1.90. The van der Waals surface area contributed by atoms with E-state index in [0.717, 1.165) is 0 Å². The van der Waals surface area contributed by atoms with Gasteiger partial charge in [0, 0.05) is 31.8 Å². The number of ether oxygens (including phenoxy) is 1. The summed E-state index contributed by atoms with van der Waals surface area (Å²) in [5.74, 6) is 1.03. The minimum atomic E-state index is -2.82. The maximum atomic E-state index is 11.3. The molecule has 0 aliphatic rings. The Hall–Kier alpha value is -0.433. The maximum absolute atomic E-state index is 11.3. The summed E-state index contributed by atoms with van der Waals surface area (Å²) in [6.07, 6.45) is 1.15. The predicted octanol–water partition coefficient (Wildman–Crippen LogP) is 4.67. The van der Waals surface area contributed by atoms with E-state index in [4.69, 9.17) is 18.0 Å². The van der Waals surface area contributed by atoms with Crippen LogP contribution >= 0.6 is 0 Å². The first kappa shape index (κ1) is 24.6. The summed E-state index contributed by atoms with van der Waals surface area (Å²) in [7, 11) is -2.82. The second-order valence-electron chi connectivity index (χ2n) is 7.84. The molecule has 6 heteroatoms. The smallest absolute Gasteiger partial charge is 0.466 e. The van der Waals surface area contributed by atoms with Crippen molar-refractivity contribution in [1.82, 2.24) is 0 Å². The van der Waals surface area contributed by atoms with Gasteiger partial charge in [0.2, 0.25) is 0 Å². The van der Waals surface area contributed by atoms with Gasteiger partial charge in [-0.15, -0.1) is 0 Å². The zero-order valence-electron chi connectivity index (χ0n) is 17.6. The number of esters is 1. The lowest BCUT2D eigenvalue weighted by Crippen LogP contribution is -2.50. The van der Waals surface area contributed by atoms with Gasteiger partial charge in [-0.3, -0.25) is 4.79 Å². The Morgan fingerprint density at radius 2 is 1.44 bits per heavy atom. The van der Waals surface area contributed by atoms with E-state index in [1.54, 1.807) is 6.92 Å². The SMILES string of the molecule is CCC(=O)OCCC[Si](OCC(C)C)(OCC(C)C)OC(C)C(C)C. The Bertz CT molecular complexity index is 346. The summed E-state index contributed by atoms with van der Waals surface area (Å²) < 4.78 is 24.1. The molecule has 0 aliphatic heterocycles. The van der Waals surface area contributed by atoms with Crippen LogP contribution in [0.2, 0.25) is 6.04 Å². The summed E-state index contributed by atoms with van der Waals surface area (Å²) in [6.45, 7) is 18.2. The van der Waals surface area contributed by atoms with Crippen LogP contribution in [0, 0.1) is 17.8 Å². The number of hydrogen-bond donors (Lipinski definition) is 0. The van der Waals surface area contributed by atoms with E-state index in [1.807, 2.05) is 0 Å². The van der Waals surface area contributed by atoms with Gasteiger partial charge in [-0.25, -0.2) is 0 Å². The molecule has 0 saturated heterocycles. The average molecular weight is 377 g/mol. The van der Waals surface area contributed by atoms with Crippen molar-refractivity contribution in [2.24, 2.45) is 17.8 Å². The van der Waals surface area contributed by atoms with Crippen molar-refractivity contribution < 1.29 is 22.8 Å². The molecule has 0 spiro atoms. The Labute approximate surface area is 156 Å². The lowest BCUT2D eigenvalue weighted by Gasteiger charge is -2.34. The highest BCUT2D eigenvalue weighted by Crippen LogP contribution is 2.24. The van der Waals surface area contributed by atoms with Gasteiger partial charge in [0.25, 0.3) is 0 Å². The van der Waals surface area contributed by atoms with Gasteiger partial charge in [-0.05, 0) is 31.1 Å². The number of carbonyl (C=O) groups excluding carboxylic acids is 1. The molecule has 1 atom stereocenters. The van der Waals surface area contributed by atoms with Crippen LogP contribution in [0.4, 0.5) is 0 Å². The Morgan fingerprint density at radius 1 is 0.920 bits per heavy atom. The molecule has 150 valence electrons. The standard InChI is InChI=1S/C19H40O5Si/c1-9-19(20)21-11-10-12-25(22-13-15(2)3,23-14-16(4)5)24-18(8)17(6)7/h15-18H,9-14H2,1-8H3. The Morgan fingerprint density at radius 3 is 1.84 bits per heavy atom. The van der Waals surface area contributed by atoms with Crippen molar-refractivity contribution in [3.05, 3.63) is 0 Å². The van der Waals surface area contributed by atoms with E-state index in [1.165, 1.54) is 0 Å². The molecule has 0 aromatic rings. The van der Waals surface area contributed by atoms with E-state index < -0.39 is 8.80 Å². The molecule has 0 aromatic heterocycles. The molecule has 0 amide bonds. The topological polar surface area (TPSA) is 54.0 Å². The molecule has 5 nitrogen and oxygen atoms in total. The molecule has 1 unspecified atom stereocenters. The van der Waals surface area contributed by atoms with Crippen LogP contribution in [-0.2, 0) is 22.8 Å². The second kappa shape index (κ2) is 12.8. The molecule has 0 aromatic carbocycles. The van der Waals surface area contributed by atoms with Crippen molar-refractivity contribution in [3.63, 3.8) is 0 Å². The quantitative estimate of drug-likeness (QED) is 0.250. The maximum Gasteiger partial charge on any atom is 0.501 e. The zero-order valence-corrected chi connectivity index (χ0v) is 18.6. The van der Waals surface area contributed by atoms with Gasteiger partial charge in [0.05, 0.1) is 6.61 Å². The minimum Gasteiger partial charge on any atom is -0.466 e. The molecule has 0 fully saturated rings. The molecule has 0 heterocycles. The first-order valence-electron chi connectivity index (χ1n) is 9.73. The van der Waals surface area contributed by atoms with Crippen molar-refractivity contribution in [1.29, 1.82) is 0 Å². The predicted molar refractivity (Wildman–Crippen MR) is 103 cm³/mol. The van der Waals surface area contributed by atoms with Crippen LogP contribution in [0.1, 0.15) is 68.2 Å². The summed E-state index contributed by atoms with van der Waals surface area (Å²) in [6, 6.07) is 0.667. The minimum absolute atomic E-state index is 0.0594. The summed E-state index contributed by atoms with van der Waals surface area (Å²) in [5, 5.41) is 0. The molecule has 0 saturated carbocycles. The monoisotopic (exact) mass is 376 g/mol. The van der Waals surface area contributed by atoms with Crippen LogP contribution in [-0.4, -0.2) is 40.7 Å². The lowest BCUT2D eigenvalue weighted by molar-refractivity contribution is -0.143. The van der Waals surface area contributed by atoms with E-state index in [-0.39, 0.29) is 12.1 Å². The fourth-order valence-corrected chi connectivity index (χ4v) is 5.11. The molecule has 0 bridgehead atoms. The lowest BCUT2D eigenvalue weighted by atomic mass is 10.1. The van der Waals surface area contributed by atoms with Crippen LogP contribution in [0.15, 0.2) is 0 Å². The zero-order chi connectivity index (χ0) is 19.5. The van der Waals surface area contributed by atoms with E-state index in [2.05, 4.69) is 48.5 Å². The molecular formula is C19H40O5Si. The van der Waals surface area contributed by atoms with Gasteiger partial charge >= 0.3 is 14.8 Å². The molecule has 0 aliphatic carbocycles. The number of rotatable bonds is 14. The largest absolute Gasteiger partial charge is 0.501 e. The molecule has 0 N–H and O–H groups in total. The average Bonchev–Trinajstić information content (AvgIpc) is 2.54. The highest BCUT2D eigenvalue weighted by atomic mass is 28.4. The first-order chi connectivity index (χ1) is 11.6.